The lowest BCUT2D eigenvalue weighted by Crippen LogP contribution is -2.37. The maximum atomic E-state index is 6.26. The zero-order valence-corrected chi connectivity index (χ0v) is 15.6. The van der Waals surface area contributed by atoms with Crippen LogP contribution >= 0.6 is 22.6 Å². The molecule has 4 N–H and O–H groups in total. The zero-order chi connectivity index (χ0) is 14.9. The molecule has 0 saturated heterocycles. The van der Waals surface area contributed by atoms with Gasteiger partial charge in [0.05, 0.1) is 3.55 Å². The van der Waals surface area contributed by atoms with Gasteiger partial charge in [0.25, 0.3) is 0 Å². The van der Waals surface area contributed by atoms with Crippen LogP contribution in [0.4, 0.5) is 0 Å². The first kappa shape index (κ1) is 19.7. The molecular formula is C16H35IN2. The van der Waals surface area contributed by atoms with Crippen molar-refractivity contribution in [2.75, 3.05) is 6.54 Å². The van der Waals surface area contributed by atoms with Crippen molar-refractivity contribution >= 4 is 22.6 Å². The lowest BCUT2D eigenvalue weighted by Gasteiger charge is -2.26. The molecule has 0 aromatic carbocycles. The van der Waals surface area contributed by atoms with Gasteiger partial charge >= 0.3 is 0 Å². The Bertz CT molecular complexity index is 225. The lowest BCUT2D eigenvalue weighted by molar-refractivity contribution is 0.329. The summed E-state index contributed by atoms with van der Waals surface area (Å²) >= 11 is 2.42. The van der Waals surface area contributed by atoms with Crippen molar-refractivity contribution in [1.29, 1.82) is 0 Å². The first-order valence-corrected chi connectivity index (χ1v) is 8.97. The Morgan fingerprint density at radius 2 is 1.32 bits per heavy atom. The van der Waals surface area contributed by atoms with E-state index in [0.29, 0.717) is 11.3 Å². The molecule has 116 valence electrons. The van der Waals surface area contributed by atoms with Gasteiger partial charge in [0.15, 0.2) is 0 Å². The first-order chi connectivity index (χ1) is 8.71. The summed E-state index contributed by atoms with van der Waals surface area (Å²) in [5.41, 5.74) is 12.3. The van der Waals surface area contributed by atoms with Crippen molar-refractivity contribution in [3.05, 3.63) is 0 Å². The number of hydrogen-bond donors (Lipinski definition) is 2. The summed E-state index contributed by atoms with van der Waals surface area (Å²) in [4.78, 5) is 0. The van der Waals surface area contributed by atoms with Crippen molar-refractivity contribution in [3.8, 4) is 0 Å². The fourth-order valence-corrected chi connectivity index (χ4v) is 2.48. The molecule has 0 aromatic heterocycles. The SMILES string of the molecule is CC(C)C(N)(I)CCCCCCCCC(C)(C)CN. The number of alkyl halides is 1. The molecule has 2 nitrogen and oxygen atoms in total. The minimum atomic E-state index is -0.0110. The summed E-state index contributed by atoms with van der Waals surface area (Å²) in [7, 11) is 0. The molecule has 0 amide bonds. The van der Waals surface area contributed by atoms with E-state index in [2.05, 4.69) is 50.3 Å². The molecule has 0 spiro atoms. The van der Waals surface area contributed by atoms with E-state index >= 15 is 0 Å². The Labute approximate surface area is 134 Å². The molecule has 0 heterocycles. The Kier molecular flexibility index (Phi) is 9.89. The van der Waals surface area contributed by atoms with Crippen molar-refractivity contribution < 1.29 is 0 Å². The molecule has 0 aromatic rings. The predicted octanol–water partition coefficient (Wildman–Crippen LogP) is 4.84. The highest BCUT2D eigenvalue weighted by Crippen LogP contribution is 2.28. The molecular weight excluding hydrogens is 347 g/mol. The number of hydrogen-bond acceptors (Lipinski definition) is 2. The standard InChI is InChI=1S/C16H35IN2/c1-14(2)16(17,19)12-10-8-6-5-7-9-11-15(3,4)13-18/h14H,5-13,18-19H2,1-4H3. The minimum absolute atomic E-state index is 0.0110. The Morgan fingerprint density at radius 3 is 1.74 bits per heavy atom. The van der Waals surface area contributed by atoms with Crippen LogP contribution in [0.3, 0.4) is 0 Å². The smallest absolute Gasteiger partial charge is 0.0703 e. The third-order valence-electron chi connectivity index (χ3n) is 4.18. The van der Waals surface area contributed by atoms with E-state index in [-0.39, 0.29) is 3.55 Å². The van der Waals surface area contributed by atoms with Crippen molar-refractivity contribution in [2.45, 2.75) is 82.6 Å². The molecule has 0 aliphatic carbocycles. The highest BCUT2D eigenvalue weighted by Gasteiger charge is 2.24. The summed E-state index contributed by atoms with van der Waals surface area (Å²) in [6.07, 6.45) is 10.4. The zero-order valence-electron chi connectivity index (χ0n) is 13.5. The largest absolute Gasteiger partial charge is 0.330 e. The Morgan fingerprint density at radius 1 is 0.895 bits per heavy atom. The number of rotatable bonds is 11. The summed E-state index contributed by atoms with van der Waals surface area (Å²) in [5.74, 6) is 0.562. The second-order valence-corrected chi connectivity index (χ2v) is 9.08. The molecule has 1 atom stereocenters. The van der Waals surface area contributed by atoms with E-state index in [4.69, 9.17) is 11.5 Å². The van der Waals surface area contributed by atoms with E-state index in [1.54, 1.807) is 0 Å². The van der Waals surface area contributed by atoms with Crippen LogP contribution in [0.2, 0.25) is 0 Å². The third-order valence-corrected chi connectivity index (χ3v) is 5.96. The average molecular weight is 382 g/mol. The van der Waals surface area contributed by atoms with Crippen molar-refractivity contribution in [1.82, 2.24) is 0 Å². The van der Waals surface area contributed by atoms with Gasteiger partial charge in [0.1, 0.15) is 0 Å². The number of nitrogens with two attached hydrogens (primary N) is 2. The van der Waals surface area contributed by atoms with Gasteiger partial charge in [-0.25, -0.2) is 0 Å². The second-order valence-electron chi connectivity index (χ2n) is 7.07. The van der Waals surface area contributed by atoms with Crippen LogP contribution in [0.5, 0.6) is 0 Å². The molecule has 0 radical (unpaired) electrons. The maximum absolute atomic E-state index is 6.26. The minimum Gasteiger partial charge on any atom is -0.330 e. The van der Waals surface area contributed by atoms with E-state index < -0.39 is 0 Å². The Balaban J connectivity index is 3.42. The summed E-state index contributed by atoms with van der Waals surface area (Å²) in [6.45, 7) is 9.76. The van der Waals surface area contributed by atoms with Gasteiger partial charge in [-0.15, -0.1) is 0 Å². The highest BCUT2D eigenvalue weighted by atomic mass is 127. The summed E-state index contributed by atoms with van der Waals surface area (Å²) < 4.78 is -0.0110. The fourth-order valence-electron chi connectivity index (χ4n) is 2.10. The predicted molar refractivity (Wildman–Crippen MR) is 95.5 cm³/mol. The molecule has 0 fully saturated rings. The van der Waals surface area contributed by atoms with Gasteiger partial charge < -0.3 is 11.5 Å². The molecule has 0 aliphatic heterocycles. The van der Waals surface area contributed by atoms with Crippen LogP contribution in [0, 0.1) is 11.3 Å². The monoisotopic (exact) mass is 382 g/mol. The van der Waals surface area contributed by atoms with E-state index in [1.807, 2.05) is 0 Å². The van der Waals surface area contributed by atoms with Crippen LogP contribution in [-0.2, 0) is 0 Å². The lowest BCUT2D eigenvalue weighted by atomic mass is 9.87. The molecule has 19 heavy (non-hydrogen) atoms. The van der Waals surface area contributed by atoms with Crippen molar-refractivity contribution in [2.24, 2.45) is 22.8 Å². The number of unbranched alkanes of at least 4 members (excludes halogenated alkanes) is 5. The van der Waals surface area contributed by atoms with Crippen LogP contribution in [0.25, 0.3) is 0 Å². The molecule has 0 aliphatic rings. The molecule has 0 rings (SSSR count). The second kappa shape index (κ2) is 9.56. The van der Waals surface area contributed by atoms with E-state index in [0.717, 1.165) is 13.0 Å². The quantitative estimate of drug-likeness (QED) is 0.233. The molecule has 0 bridgehead atoms. The highest BCUT2D eigenvalue weighted by molar-refractivity contribution is 14.1. The Hall–Kier alpha value is 0.650. The summed E-state index contributed by atoms with van der Waals surface area (Å²) in [5, 5.41) is 0. The van der Waals surface area contributed by atoms with Gasteiger partial charge in [-0.2, -0.15) is 0 Å². The normalized spacial score (nSPS) is 15.8. The third kappa shape index (κ3) is 10.1. The first-order valence-electron chi connectivity index (χ1n) is 7.89. The molecule has 0 saturated carbocycles. The topological polar surface area (TPSA) is 52.0 Å². The van der Waals surface area contributed by atoms with Crippen molar-refractivity contribution in [3.63, 3.8) is 0 Å². The van der Waals surface area contributed by atoms with E-state index in [9.17, 15) is 0 Å². The molecule has 3 heteroatoms. The van der Waals surface area contributed by atoms with Crippen LogP contribution < -0.4 is 11.5 Å². The van der Waals surface area contributed by atoms with Gasteiger partial charge in [0, 0.05) is 0 Å². The van der Waals surface area contributed by atoms with Gasteiger partial charge in [-0.3, -0.25) is 0 Å². The van der Waals surface area contributed by atoms with Gasteiger partial charge in [0.2, 0.25) is 0 Å². The maximum Gasteiger partial charge on any atom is 0.0703 e. The molecule has 1 unspecified atom stereocenters. The summed E-state index contributed by atoms with van der Waals surface area (Å²) in [6, 6.07) is 0. The van der Waals surface area contributed by atoms with E-state index in [1.165, 1.54) is 44.9 Å². The van der Waals surface area contributed by atoms with Gasteiger partial charge in [-0.1, -0.05) is 88.8 Å². The van der Waals surface area contributed by atoms with Crippen LogP contribution in [0.1, 0.15) is 79.1 Å². The van der Waals surface area contributed by atoms with Crippen LogP contribution in [0.15, 0.2) is 0 Å². The number of halogens is 1. The fraction of sp³-hybridized carbons (Fsp3) is 1.00. The average Bonchev–Trinajstić information content (AvgIpc) is 2.32. The van der Waals surface area contributed by atoms with Gasteiger partial charge in [-0.05, 0) is 30.7 Å². The van der Waals surface area contributed by atoms with Crippen LogP contribution in [-0.4, -0.2) is 10.1 Å².